The van der Waals surface area contributed by atoms with Gasteiger partial charge in [-0.1, -0.05) is 75.4 Å². The van der Waals surface area contributed by atoms with Crippen LogP contribution in [0, 0.1) is 0 Å². The van der Waals surface area contributed by atoms with Crippen LogP contribution < -0.4 is 0 Å². The van der Waals surface area contributed by atoms with Gasteiger partial charge in [0, 0.05) is 20.7 Å². The van der Waals surface area contributed by atoms with Gasteiger partial charge in [0.25, 0.3) is 0 Å². The van der Waals surface area contributed by atoms with Crippen molar-refractivity contribution in [1.29, 1.82) is 0 Å². The lowest BCUT2D eigenvalue weighted by Crippen LogP contribution is -1.86. The Labute approximate surface area is 177 Å². The zero-order valence-corrected chi connectivity index (χ0v) is 17.9. The minimum Gasteiger partial charge on any atom is -0.298 e. The summed E-state index contributed by atoms with van der Waals surface area (Å²) in [6.45, 7) is 2.26. The molecule has 4 aromatic rings. The van der Waals surface area contributed by atoms with Gasteiger partial charge in [0.2, 0.25) is 0 Å². The number of carbonyl (C=O) groups is 1. The number of carbonyl (C=O) groups excluding carboxylic acids is 1. The van der Waals surface area contributed by atoms with Gasteiger partial charge < -0.3 is 0 Å². The largest absolute Gasteiger partial charge is 0.298 e. The number of hydrogen-bond acceptors (Lipinski definition) is 2. The lowest BCUT2D eigenvalue weighted by Gasteiger charge is -2.05. The maximum atomic E-state index is 11.7. The molecule has 0 N–H and O–H groups in total. The van der Waals surface area contributed by atoms with Crippen LogP contribution in [0.2, 0.25) is 0 Å². The second kappa shape index (κ2) is 9.37. The molecule has 0 fully saturated rings. The molecule has 3 aromatic carbocycles. The third-order valence-electron chi connectivity index (χ3n) is 5.71. The standard InChI is InChI=1S/C27H28OS/c1-2-3-4-5-6-7-10-20-13-14-26-23(15-20)18-27(29-26)25-17-22-12-9-8-11-21(22)16-24(25)19-28/h8-9,11-19H,2-7,10H2,1H3. The van der Waals surface area contributed by atoms with Gasteiger partial charge in [0.15, 0.2) is 6.29 Å². The number of aryl methyl sites for hydroxylation is 1. The van der Waals surface area contributed by atoms with E-state index in [1.807, 2.05) is 18.2 Å². The molecule has 0 amide bonds. The summed E-state index contributed by atoms with van der Waals surface area (Å²) in [4.78, 5) is 12.9. The zero-order chi connectivity index (χ0) is 20.1. The molecule has 0 unspecified atom stereocenters. The lowest BCUT2D eigenvalue weighted by molar-refractivity contribution is 0.112. The average Bonchev–Trinajstić information content (AvgIpc) is 3.18. The van der Waals surface area contributed by atoms with Crippen LogP contribution in [-0.2, 0) is 6.42 Å². The van der Waals surface area contributed by atoms with Crippen molar-refractivity contribution in [2.45, 2.75) is 51.9 Å². The van der Waals surface area contributed by atoms with Gasteiger partial charge in [-0.25, -0.2) is 0 Å². The summed E-state index contributed by atoms with van der Waals surface area (Å²) >= 11 is 1.78. The van der Waals surface area contributed by atoms with Crippen molar-refractivity contribution >= 4 is 38.5 Å². The third kappa shape index (κ3) is 4.59. The minimum absolute atomic E-state index is 0.766. The summed E-state index contributed by atoms with van der Waals surface area (Å²) in [5.74, 6) is 0. The van der Waals surface area contributed by atoms with Gasteiger partial charge in [-0.3, -0.25) is 4.79 Å². The van der Waals surface area contributed by atoms with Crippen LogP contribution in [0.1, 0.15) is 61.4 Å². The van der Waals surface area contributed by atoms with Gasteiger partial charge >= 0.3 is 0 Å². The van der Waals surface area contributed by atoms with Gasteiger partial charge in [0.05, 0.1) is 0 Å². The van der Waals surface area contributed by atoms with Crippen LogP contribution in [0.25, 0.3) is 31.3 Å². The number of hydrogen-bond donors (Lipinski definition) is 0. The molecule has 1 aromatic heterocycles. The molecule has 0 aliphatic carbocycles. The highest BCUT2D eigenvalue weighted by atomic mass is 32.1. The number of benzene rings is 3. The molecule has 29 heavy (non-hydrogen) atoms. The first-order chi connectivity index (χ1) is 14.3. The Morgan fingerprint density at radius 2 is 1.55 bits per heavy atom. The molecule has 0 saturated carbocycles. The van der Waals surface area contributed by atoms with E-state index in [0.29, 0.717) is 0 Å². The third-order valence-corrected chi connectivity index (χ3v) is 6.86. The summed E-state index contributed by atoms with van der Waals surface area (Å²) in [5.41, 5.74) is 3.23. The first kappa shape index (κ1) is 19.8. The number of unbranched alkanes of at least 4 members (excludes halogenated alkanes) is 5. The van der Waals surface area contributed by atoms with Gasteiger partial charge in [-0.05, 0) is 58.8 Å². The molecular weight excluding hydrogens is 372 g/mol. The number of fused-ring (bicyclic) bond motifs is 2. The Morgan fingerprint density at radius 1 is 0.793 bits per heavy atom. The van der Waals surface area contributed by atoms with E-state index in [-0.39, 0.29) is 0 Å². The second-order valence-corrected chi connectivity index (χ2v) is 8.99. The van der Waals surface area contributed by atoms with Crippen molar-refractivity contribution in [2.24, 2.45) is 0 Å². The van der Waals surface area contributed by atoms with Gasteiger partial charge in [0.1, 0.15) is 0 Å². The highest BCUT2D eigenvalue weighted by Gasteiger charge is 2.11. The van der Waals surface area contributed by atoms with Gasteiger partial charge in [-0.15, -0.1) is 11.3 Å². The summed E-state index contributed by atoms with van der Waals surface area (Å²) in [6, 6.07) is 21.5. The highest BCUT2D eigenvalue weighted by Crippen LogP contribution is 2.37. The molecule has 1 nitrogen and oxygen atoms in total. The van der Waals surface area contributed by atoms with E-state index in [0.717, 1.165) is 29.2 Å². The molecule has 0 aliphatic heterocycles. The normalized spacial score (nSPS) is 11.3. The Hall–Kier alpha value is -2.45. The van der Waals surface area contributed by atoms with E-state index in [4.69, 9.17) is 0 Å². The lowest BCUT2D eigenvalue weighted by atomic mass is 10.00. The summed E-state index contributed by atoms with van der Waals surface area (Å²) in [7, 11) is 0. The molecule has 0 saturated heterocycles. The zero-order valence-electron chi connectivity index (χ0n) is 17.1. The molecule has 4 rings (SSSR count). The first-order valence-corrected chi connectivity index (χ1v) is 11.6. The molecule has 1 heterocycles. The molecule has 2 heteroatoms. The topological polar surface area (TPSA) is 17.1 Å². The molecule has 0 radical (unpaired) electrons. The average molecular weight is 401 g/mol. The van der Waals surface area contributed by atoms with Crippen LogP contribution in [0.5, 0.6) is 0 Å². The quantitative estimate of drug-likeness (QED) is 0.203. The Balaban J connectivity index is 1.56. The van der Waals surface area contributed by atoms with Crippen molar-refractivity contribution in [3.05, 3.63) is 71.8 Å². The molecular formula is C27H28OS. The fourth-order valence-corrected chi connectivity index (χ4v) is 5.14. The van der Waals surface area contributed by atoms with Crippen molar-refractivity contribution in [2.75, 3.05) is 0 Å². The smallest absolute Gasteiger partial charge is 0.150 e. The van der Waals surface area contributed by atoms with Crippen molar-refractivity contribution in [3.8, 4) is 10.4 Å². The Kier molecular flexibility index (Phi) is 6.41. The van der Waals surface area contributed by atoms with Crippen LogP contribution in [-0.4, -0.2) is 6.29 Å². The maximum absolute atomic E-state index is 11.7. The molecule has 0 aliphatic rings. The van der Waals surface area contributed by atoms with E-state index in [9.17, 15) is 4.79 Å². The van der Waals surface area contributed by atoms with Crippen LogP contribution >= 0.6 is 11.3 Å². The van der Waals surface area contributed by atoms with Crippen molar-refractivity contribution in [3.63, 3.8) is 0 Å². The fourth-order valence-electron chi connectivity index (χ4n) is 4.06. The van der Waals surface area contributed by atoms with Crippen molar-refractivity contribution < 1.29 is 4.79 Å². The van der Waals surface area contributed by atoms with E-state index in [2.05, 4.69) is 49.4 Å². The van der Waals surface area contributed by atoms with E-state index in [1.54, 1.807) is 11.3 Å². The van der Waals surface area contributed by atoms with Crippen molar-refractivity contribution in [1.82, 2.24) is 0 Å². The second-order valence-electron chi connectivity index (χ2n) is 7.91. The summed E-state index contributed by atoms with van der Waals surface area (Å²) < 4.78 is 1.29. The van der Waals surface area contributed by atoms with Gasteiger partial charge in [-0.2, -0.15) is 0 Å². The predicted octanol–water partition coefficient (Wildman–Crippen LogP) is 8.44. The number of aldehydes is 1. The first-order valence-electron chi connectivity index (χ1n) is 10.8. The molecule has 0 bridgehead atoms. The molecule has 148 valence electrons. The van der Waals surface area contributed by atoms with Crippen LogP contribution in [0.4, 0.5) is 0 Å². The SMILES string of the molecule is CCCCCCCCc1ccc2sc(-c3cc4ccccc4cc3C=O)cc2c1. The fraction of sp³-hybridized carbons (Fsp3) is 0.296. The highest BCUT2D eigenvalue weighted by molar-refractivity contribution is 7.22. The number of thiophene rings is 1. The van der Waals surface area contributed by atoms with E-state index < -0.39 is 0 Å². The molecule has 0 atom stereocenters. The monoisotopic (exact) mass is 400 g/mol. The van der Waals surface area contributed by atoms with Crippen LogP contribution in [0.15, 0.2) is 60.7 Å². The summed E-state index contributed by atoms with van der Waals surface area (Å²) in [5, 5.41) is 3.58. The van der Waals surface area contributed by atoms with Crippen LogP contribution in [0.3, 0.4) is 0 Å². The summed E-state index contributed by atoms with van der Waals surface area (Å²) in [6.07, 6.45) is 10.1. The maximum Gasteiger partial charge on any atom is 0.150 e. The molecule has 0 spiro atoms. The Morgan fingerprint density at radius 3 is 2.34 bits per heavy atom. The predicted molar refractivity (Wildman–Crippen MR) is 127 cm³/mol. The minimum atomic E-state index is 0.766. The number of rotatable bonds is 9. The van der Waals surface area contributed by atoms with E-state index >= 15 is 0 Å². The Bertz CT molecular complexity index is 1120. The van der Waals surface area contributed by atoms with E-state index in [1.165, 1.54) is 64.4 Å².